The van der Waals surface area contributed by atoms with E-state index in [0.717, 1.165) is 0 Å². The molecule has 0 atom stereocenters. The molecule has 1 aromatic carbocycles. The van der Waals surface area contributed by atoms with Gasteiger partial charge in [0, 0.05) is 10.1 Å². The fourth-order valence-electron chi connectivity index (χ4n) is 1.41. The van der Waals surface area contributed by atoms with Gasteiger partial charge in [-0.1, -0.05) is 0 Å². The number of nitrogens with one attached hydrogen (secondary N) is 1. The Morgan fingerprint density at radius 3 is 2.37 bits per heavy atom. The average Bonchev–Trinajstić information content (AvgIpc) is 2.37. The van der Waals surface area contributed by atoms with Crippen molar-refractivity contribution in [2.24, 2.45) is 0 Å². The van der Waals surface area contributed by atoms with E-state index in [1.807, 2.05) is 22.6 Å². The molecule has 0 heterocycles. The van der Waals surface area contributed by atoms with Crippen molar-refractivity contribution in [2.75, 3.05) is 20.8 Å². The smallest absolute Gasteiger partial charge is 0.305 e. The molecule has 1 aromatic rings. The van der Waals surface area contributed by atoms with Crippen LogP contribution in [0.4, 0.5) is 0 Å². The molecule has 0 aliphatic rings. The third-order valence-electron chi connectivity index (χ3n) is 2.34. The van der Waals surface area contributed by atoms with Crippen molar-refractivity contribution >= 4 is 34.5 Å². The van der Waals surface area contributed by atoms with Gasteiger partial charge in [0.05, 0.1) is 26.2 Å². The van der Waals surface area contributed by atoms with Crippen LogP contribution >= 0.6 is 22.6 Å². The first-order chi connectivity index (χ1) is 8.99. The lowest BCUT2D eigenvalue weighted by Gasteiger charge is -2.11. The third kappa shape index (κ3) is 4.27. The van der Waals surface area contributed by atoms with Gasteiger partial charge in [0.2, 0.25) is 0 Å². The zero-order chi connectivity index (χ0) is 14.4. The standard InChI is InChI=1S/C12H14INO5/c1-18-9-5-7(8(13)6-10(9)19-2)12(17)14-4-3-11(15)16/h5-6H,3-4H2,1-2H3,(H,14,17)(H,15,16). The minimum atomic E-state index is -0.956. The van der Waals surface area contributed by atoms with Gasteiger partial charge in [-0.25, -0.2) is 0 Å². The van der Waals surface area contributed by atoms with E-state index in [1.165, 1.54) is 14.2 Å². The molecule has 104 valence electrons. The zero-order valence-corrected chi connectivity index (χ0v) is 12.7. The topological polar surface area (TPSA) is 84.9 Å². The Kier molecular flexibility index (Phi) is 5.87. The number of carboxylic acid groups (broad SMARTS) is 1. The van der Waals surface area contributed by atoms with Gasteiger partial charge in [0.25, 0.3) is 5.91 Å². The SMILES string of the molecule is COc1cc(I)c(C(=O)NCCC(=O)O)cc1OC. The number of aliphatic carboxylic acids is 1. The Balaban J connectivity index is 2.87. The van der Waals surface area contributed by atoms with Crippen LogP contribution in [0, 0.1) is 3.57 Å². The maximum absolute atomic E-state index is 11.9. The molecule has 0 bridgehead atoms. The molecule has 0 aliphatic heterocycles. The summed E-state index contributed by atoms with van der Waals surface area (Å²) in [5, 5.41) is 11.1. The Labute approximate surface area is 124 Å². The summed E-state index contributed by atoms with van der Waals surface area (Å²) in [7, 11) is 3.00. The highest BCUT2D eigenvalue weighted by molar-refractivity contribution is 14.1. The van der Waals surface area contributed by atoms with Crippen LogP contribution < -0.4 is 14.8 Å². The molecule has 0 fully saturated rings. The fraction of sp³-hybridized carbons (Fsp3) is 0.333. The number of ether oxygens (including phenoxy) is 2. The highest BCUT2D eigenvalue weighted by atomic mass is 127. The molecule has 0 spiro atoms. The molecule has 19 heavy (non-hydrogen) atoms. The van der Waals surface area contributed by atoms with Crippen molar-refractivity contribution in [3.8, 4) is 11.5 Å². The molecule has 0 aliphatic carbocycles. The summed E-state index contributed by atoms with van der Waals surface area (Å²) in [6, 6.07) is 3.25. The molecule has 0 saturated heterocycles. The molecule has 1 amide bonds. The van der Waals surface area contributed by atoms with Gasteiger partial charge >= 0.3 is 5.97 Å². The molecular weight excluding hydrogens is 365 g/mol. The summed E-state index contributed by atoms with van der Waals surface area (Å²) in [5.74, 6) is -0.311. The lowest BCUT2D eigenvalue weighted by Crippen LogP contribution is -2.26. The summed E-state index contributed by atoms with van der Waals surface area (Å²) in [6.45, 7) is 0.0819. The number of rotatable bonds is 6. The second-order valence-corrected chi connectivity index (χ2v) is 4.75. The number of carbonyl (C=O) groups is 2. The van der Waals surface area contributed by atoms with Crippen molar-refractivity contribution in [1.82, 2.24) is 5.32 Å². The molecule has 2 N–H and O–H groups in total. The maximum atomic E-state index is 11.9. The Morgan fingerprint density at radius 2 is 1.84 bits per heavy atom. The third-order valence-corrected chi connectivity index (χ3v) is 3.23. The normalized spacial score (nSPS) is 9.84. The molecule has 0 aromatic heterocycles. The number of halogens is 1. The van der Waals surface area contributed by atoms with Crippen LogP contribution in [0.1, 0.15) is 16.8 Å². The highest BCUT2D eigenvalue weighted by Crippen LogP contribution is 2.31. The van der Waals surface area contributed by atoms with Crippen molar-refractivity contribution in [3.05, 3.63) is 21.3 Å². The largest absolute Gasteiger partial charge is 0.493 e. The van der Waals surface area contributed by atoms with Gasteiger partial charge in [-0.15, -0.1) is 0 Å². The van der Waals surface area contributed by atoms with Crippen LogP contribution in [0.15, 0.2) is 12.1 Å². The van der Waals surface area contributed by atoms with Crippen molar-refractivity contribution in [1.29, 1.82) is 0 Å². The van der Waals surface area contributed by atoms with Gasteiger partial charge in [0.1, 0.15) is 0 Å². The Hall–Kier alpha value is -1.51. The number of methoxy groups -OCH3 is 2. The first kappa shape index (κ1) is 15.5. The van der Waals surface area contributed by atoms with Gasteiger partial charge in [-0.2, -0.15) is 0 Å². The lowest BCUT2D eigenvalue weighted by atomic mass is 10.2. The number of carboxylic acids is 1. The Morgan fingerprint density at radius 1 is 1.26 bits per heavy atom. The monoisotopic (exact) mass is 379 g/mol. The van der Waals surface area contributed by atoms with E-state index in [-0.39, 0.29) is 18.9 Å². The molecule has 1 rings (SSSR count). The minimum absolute atomic E-state index is 0.0819. The van der Waals surface area contributed by atoms with E-state index in [2.05, 4.69) is 5.32 Å². The first-order valence-electron chi connectivity index (χ1n) is 5.41. The van der Waals surface area contributed by atoms with Crippen LogP contribution in [0.2, 0.25) is 0 Å². The fourth-order valence-corrected chi connectivity index (χ4v) is 2.09. The summed E-state index contributed by atoms with van der Waals surface area (Å²) in [5.41, 5.74) is 0.420. The van der Waals surface area contributed by atoms with E-state index in [0.29, 0.717) is 20.6 Å². The summed E-state index contributed by atoms with van der Waals surface area (Å²) >= 11 is 2.01. The average molecular weight is 379 g/mol. The van der Waals surface area contributed by atoms with E-state index in [1.54, 1.807) is 12.1 Å². The molecule has 7 heteroatoms. The number of benzene rings is 1. The van der Waals surface area contributed by atoms with Gasteiger partial charge < -0.3 is 19.9 Å². The van der Waals surface area contributed by atoms with Crippen LogP contribution in [0.5, 0.6) is 11.5 Å². The van der Waals surface area contributed by atoms with E-state index < -0.39 is 5.97 Å². The van der Waals surface area contributed by atoms with Crippen LogP contribution in [-0.2, 0) is 4.79 Å². The number of hydrogen-bond donors (Lipinski definition) is 2. The Bertz CT molecular complexity index is 489. The minimum Gasteiger partial charge on any atom is -0.493 e. The number of carbonyl (C=O) groups excluding carboxylic acids is 1. The molecule has 6 nitrogen and oxygen atoms in total. The van der Waals surface area contributed by atoms with Crippen LogP contribution in [-0.4, -0.2) is 37.7 Å². The zero-order valence-electron chi connectivity index (χ0n) is 10.5. The molecule has 0 unspecified atom stereocenters. The summed E-state index contributed by atoms with van der Waals surface area (Å²) in [6.07, 6.45) is -0.115. The van der Waals surface area contributed by atoms with Gasteiger partial charge in [-0.3, -0.25) is 9.59 Å². The highest BCUT2D eigenvalue weighted by Gasteiger charge is 2.15. The van der Waals surface area contributed by atoms with E-state index in [9.17, 15) is 9.59 Å². The predicted molar refractivity (Wildman–Crippen MR) is 76.8 cm³/mol. The maximum Gasteiger partial charge on any atom is 0.305 e. The van der Waals surface area contributed by atoms with Crippen molar-refractivity contribution in [3.63, 3.8) is 0 Å². The molecule has 0 saturated carbocycles. The van der Waals surface area contributed by atoms with E-state index >= 15 is 0 Å². The van der Waals surface area contributed by atoms with Gasteiger partial charge in [-0.05, 0) is 34.7 Å². The molecular formula is C12H14INO5. The predicted octanol–water partition coefficient (Wildman–Crippen LogP) is 1.51. The first-order valence-corrected chi connectivity index (χ1v) is 6.49. The second-order valence-electron chi connectivity index (χ2n) is 3.59. The van der Waals surface area contributed by atoms with E-state index in [4.69, 9.17) is 14.6 Å². The van der Waals surface area contributed by atoms with Crippen LogP contribution in [0.3, 0.4) is 0 Å². The number of amides is 1. The van der Waals surface area contributed by atoms with Crippen molar-refractivity contribution in [2.45, 2.75) is 6.42 Å². The van der Waals surface area contributed by atoms with Gasteiger partial charge in [0.15, 0.2) is 11.5 Å². The number of hydrogen-bond acceptors (Lipinski definition) is 4. The summed E-state index contributed by atoms with van der Waals surface area (Å²) in [4.78, 5) is 22.3. The van der Waals surface area contributed by atoms with Crippen molar-refractivity contribution < 1.29 is 24.2 Å². The quantitative estimate of drug-likeness (QED) is 0.733. The summed E-state index contributed by atoms with van der Waals surface area (Å²) < 4.78 is 10.9. The lowest BCUT2D eigenvalue weighted by molar-refractivity contribution is -0.136. The van der Waals surface area contributed by atoms with Crippen LogP contribution in [0.25, 0.3) is 0 Å². The molecule has 0 radical (unpaired) electrons. The second kappa shape index (κ2) is 7.17.